The highest BCUT2D eigenvalue weighted by Crippen LogP contribution is 2.34. The minimum absolute atomic E-state index is 0.210. The van der Waals surface area contributed by atoms with Gasteiger partial charge in [-0.25, -0.2) is 4.79 Å². The van der Waals surface area contributed by atoms with E-state index in [0.717, 1.165) is 31.5 Å². The number of carbonyl (C=O) groups is 1. The van der Waals surface area contributed by atoms with Crippen molar-refractivity contribution in [1.29, 1.82) is 0 Å². The van der Waals surface area contributed by atoms with Crippen LogP contribution < -0.4 is 0 Å². The fraction of sp³-hybridized carbons (Fsp3) is 0.389. The average Bonchev–Trinajstić information content (AvgIpc) is 3.02. The maximum Gasteiger partial charge on any atom is 0.328 e. The SMILES string of the molecule is CCCOC(=O)C(c1ccccc1Cl)N1CCc2sccc2C1. The van der Waals surface area contributed by atoms with Crippen LogP contribution in [0.1, 0.15) is 35.4 Å². The van der Waals surface area contributed by atoms with E-state index in [1.54, 1.807) is 11.3 Å². The monoisotopic (exact) mass is 349 g/mol. The Bertz CT molecular complexity index is 685. The van der Waals surface area contributed by atoms with Gasteiger partial charge in [0.25, 0.3) is 0 Å². The predicted molar refractivity (Wildman–Crippen MR) is 93.9 cm³/mol. The Kier molecular flexibility index (Phi) is 5.36. The smallest absolute Gasteiger partial charge is 0.328 e. The van der Waals surface area contributed by atoms with Crippen molar-refractivity contribution in [1.82, 2.24) is 4.90 Å². The molecule has 0 saturated heterocycles. The Morgan fingerprint density at radius 3 is 3.00 bits per heavy atom. The summed E-state index contributed by atoms with van der Waals surface area (Å²) in [5.41, 5.74) is 2.13. The van der Waals surface area contributed by atoms with Gasteiger partial charge in [0.15, 0.2) is 0 Å². The summed E-state index contributed by atoms with van der Waals surface area (Å²) < 4.78 is 5.45. The van der Waals surface area contributed by atoms with Crippen LogP contribution in [0.4, 0.5) is 0 Å². The van der Waals surface area contributed by atoms with E-state index in [9.17, 15) is 4.79 Å². The van der Waals surface area contributed by atoms with Gasteiger partial charge < -0.3 is 4.74 Å². The minimum atomic E-state index is -0.441. The fourth-order valence-electron chi connectivity index (χ4n) is 2.94. The molecule has 1 unspecified atom stereocenters. The minimum Gasteiger partial charge on any atom is -0.464 e. The van der Waals surface area contributed by atoms with Crippen LogP contribution in [0.15, 0.2) is 35.7 Å². The first-order chi connectivity index (χ1) is 11.2. The topological polar surface area (TPSA) is 29.5 Å². The summed E-state index contributed by atoms with van der Waals surface area (Å²) in [5, 5.41) is 2.73. The van der Waals surface area contributed by atoms with E-state index in [-0.39, 0.29) is 5.97 Å². The summed E-state index contributed by atoms with van der Waals surface area (Å²) >= 11 is 8.15. The molecule has 2 aromatic rings. The van der Waals surface area contributed by atoms with Crippen molar-refractivity contribution < 1.29 is 9.53 Å². The maximum atomic E-state index is 12.7. The molecule has 2 heterocycles. The van der Waals surface area contributed by atoms with Crippen molar-refractivity contribution in [2.24, 2.45) is 0 Å². The normalized spacial score (nSPS) is 15.9. The predicted octanol–water partition coefficient (Wildman–Crippen LogP) is 4.45. The second-order valence-corrected chi connectivity index (χ2v) is 7.09. The first kappa shape index (κ1) is 16.5. The number of ether oxygens (including phenoxy) is 1. The van der Waals surface area contributed by atoms with Crippen molar-refractivity contribution in [3.63, 3.8) is 0 Å². The van der Waals surface area contributed by atoms with Gasteiger partial charge in [0.1, 0.15) is 6.04 Å². The van der Waals surface area contributed by atoms with E-state index in [4.69, 9.17) is 16.3 Å². The molecule has 122 valence electrons. The van der Waals surface area contributed by atoms with E-state index in [2.05, 4.69) is 16.3 Å². The van der Waals surface area contributed by atoms with Gasteiger partial charge >= 0.3 is 5.97 Å². The van der Waals surface area contributed by atoms with Gasteiger partial charge in [-0.15, -0.1) is 11.3 Å². The van der Waals surface area contributed by atoms with Gasteiger partial charge in [0.05, 0.1) is 6.61 Å². The second-order valence-electron chi connectivity index (χ2n) is 5.68. The largest absolute Gasteiger partial charge is 0.464 e. The Morgan fingerprint density at radius 1 is 1.39 bits per heavy atom. The molecular formula is C18H20ClNO2S. The lowest BCUT2D eigenvalue weighted by atomic mass is 10.0. The molecule has 3 rings (SSSR count). The van der Waals surface area contributed by atoms with Crippen LogP contribution in [0.25, 0.3) is 0 Å². The van der Waals surface area contributed by atoms with Crippen LogP contribution in [0.3, 0.4) is 0 Å². The van der Waals surface area contributed by atoms with Crippen molar-refractivity contribution in [2.75, 3.05) is 13.2 Å². The first-order valence-electron chi connectivity index (χ1n) is 7.91. The van der Waals surface area contributed by atoms with E-state index in [1.165, 1.54) is 10.4 Å². The lowest BCUT2D eigenvalue weighted by Gasteiger charge is -2.33. The number of nitrogens with zero attached hydrogens (tertiary/aromatic N) is 1. The molecule has 0 amide bonds. The zero-order chi connectivity index (χ0) is 16.2. The molecule has 1 aromatic heterocycles. The van der Waals surface area contributed by atoms with Gasteiger partial charge in [-0.1, -0.05) is 36.7 Å². The molecule has 0 N–H and O–H groups in total. The molecule has 1 aliphatic rings. The second kappa shape index (κ2) is 7.47. The quantitative estimate of drug-likeness (QED) is 0.747. The fourth-order valence-corrected chi connectivity index (χ4v) is 4.07. The van der Waals surface area contributed by atoms with E-state index in [0.29, 0.717) is 11.6 Å². The molecule has 0 fully saturated rings. The number of thiophene rings is 1. The van der Waals surface area contributed by atoms with E-state index >= 15 is 0 Å². The van der Waals surface area contributed by atoms with Crippen molar-refractivity contribution >= 4 is 28.9 Å². The molecule has 0 spiro atoms. The molecule has 0 radical (unpaired) electrons. The molecule has 0 aliphatic carbocycles. The molecule has 5 heteroatoms. The van der Waals surface area contributed by atoms with Crippen LogP contribution in [-0.2, 0) is 22.5 Å². The zero-order valence-corrected chi connectivity index (χ0v) is 14.7. The highest BCUT2D eigenvalue weighted by atomic mass is 35.5. The zero-order valence-electron chi connectivity index (χ0n) is 13.1. The molecule has 1 atom stereocenters. The Balaban J connectivity index is 1.89. The Morgan fingerprint density at radius 2 is 2.22 bits per heavy atom. The van der Waals surface area contributed by atoms with Gasteiger partial charge in [-0.05, 0) is 41.5 Å². The molecule has 23 heavy (non-hydrogen) atoms. The lowest BCUT2D eigenvalue weighted by molar-refractivity contribution is -0.151. The summed E-state index contributed by atoms with van der Waals surface area (Å²) in [6.07, 6.45) is 1.78. The van der Waals surface area contributed by atoms with Gasteiger partial charge in [0, 0.05) is 23.0 Å². The highest BCUT2D eigenvalue weighted by molar-refractivity contribution is 7.10. The third kappa shape index (κ3) is 3.60. The van der Waals surface area contributed by atoms with Crippen LogP contribution >= 0.6 is 22.9 Å². The van der Waals surface area contributed by atoms with Crippen LogP contribution in [0, 0.1) is 0 Å². The Hall–Kier alpha value is -1.36. The summed E-state index contributed by atoms with van der Waals surface area (Å²) in [5.74, 6) is -0.210. The number of rotatable bonds is 5. The van der Waals surface area contributed by atoms with Gasteiger partial charge in [-0.3, -0.25) is 4.90 Å². The van der Waals surface area contributed by atoms with Crippen molar-refractivity contribution in [2.45, 2.75) is 32.4 Å². The van der Waals surface area contributed by atoms with Crippen LogP contribution in [0.2, 0.25) is 5.02 Å². The summed E-state index contributed by atoms with van der Waals surface area (Å²) in [6.45, 7) is 4.04. The van der Waals surface area contributed by atoms with Gasteiger partial charge in [-0.2, -0.15) is 0 Å². The highest BCUT2D eigenvalue weighted by Gasteiger charge is 2.33. The van der Waals surface area contributed by atoms with Crippen molar-refractivity contribution in [3.8, 4) is 0 Å². The molecular weight excluding hydrogens is 330 g/mol. The summed E-state index contributed by atoms with van der Waals surface area (Å²) in [7, 11) is 0. The number of hydrogen-bond donors (Lipinski definition) is 0. The lowest BCUT2D eigenvalue weighted by Crippen LogP contribution is -2.38. The number of hydrogen-bond acceptors (Lipinski definition) is 4. The summed E-state index contributed by atoms with van der Waals surface area (Å²) in [4.78, 5) is 16.3. The first-order valence-corrected chi connectivity index (χ1v) is 9.16. The number of esters is 1. The van der Waals surface area contributed by atoms with E-state index < -0.39 is 6.04 Å². The standard InChI is InChI=1S/C18H20ClNO2S/c1-2-10-22-18(21)17(14-5-3-4-6-15(14)19)20-9-7-16-13(12-20)8-11-23-16/h3-6,8,11,17H,2,7,9-10,12H2,1H3. The number of halogens is 1. The third-order valence-electron chi connectivity index (χ3n) is 4.07. The molecule has 0 bridgehead atoms. The number of carbonyl (C=O) groups excluding carboxylic acids is 1. The molecule has 0 saturated carbocycles. The number of benzene rings is 1. The average molecular weight is 350 g/mol. The van der Waals surface area contributed by atoms with E-state index in [1.807, 2.05) is 31.2 Å². The van der Waals surface area contributed by atoms with Crippen LogP contribution in [0.5, 0.6) is 0 Å². The molecule has 1 aromatic carbocycles. The number of fused-ring (bicyclic) bond motifs is 1. The third-order valence-corrected chi connectivity index (χ3v) is 5.44. The summed E-state index contributed by atoms with van der Waals surface area (Å²) in [6, 6.07) is 9.26. The Labute approximate surface area is 145 Å². The maximum absolute atomic E-state index is 12.7. The van der Waals surface area contributed by atoms with Gasteiger partial charge in [0.2, 0.25) is 0 Å². The van der Waals surface area contributed by atoms with Crippen LogP contribution in [-0.4, -0.2) is 24.0 Å². The molecule has 3 nitrogen and oxygen atoms in total. The van der Waals surface area contributed by atoms with Crippen molar-refractivity contribution in [3.05, 3.63) is 56.7 Å². The molecule has 1 aliphatic heterocycles.